The summed E-state index contributed by atoms with van der Waals surface area (Å²) in [5, 5.41) is 17.6. The van der Waals surface area contributed by atoms with Gasteiger partial charge in [0.2, 0.25) is 0 Å². The molecule has 0 saturated heterocycles. The van der Waals surface area contributed by atoms with Gasteiger partial charge < -0.3 is 5.11 Å². The maximum atomic E-state index is 9.00. The van der Waals surface area contributed by atoms with Crippen LogP contribution in [0.15, 0.2) is 0 Å². The average molecular weight is 181 g/mol. The Hall–Kier alpha value is -0.550. The number of nitrogens with zero attached hydrogens (tertiary/aromatic N) is 1. The number of nitriles is 1. The monoisotopic (exact) mass is 181 g/mol. The molecule has 0 aliphatic heterocycles. The minimum Gasteiger partial charge on any atom is -0.396 e. The Labute approximate surface area is 80.6 Å². The van der Waals surface area contributed by atoms with Gasteiger partial charge in [0.05, 0.1) is 6.07 Å². The molecular formula is C11H19NO. The highest BCUT2D eigenvalue weighted by molar-refractivity contribution is 4.86. The van der Waals surface area contributed by atoms with Gasteiger partial charge >= 0.3 is 0 Å². The van der Waals surface area contributed by atoms with Crippen molar-refractivity contribution >= 4 is 0 Å². The van der Waals surface area contributed by atoms with Crippen molar-refractivity contribution in [2.75, 3.05) is 6.61 Å². The summed E-state index contributed by atoms with van der Waals surface area (Å²) in [4.78, 5) is 0. The van der Waals surface area contributed by atoms with E-state index in [1.54, 1.807) is 0 Å². The fourth-order valence-electron chi connectivity index (χ4n) is 2.49. The minimum absolute atomic E-state index is 0.283. The summed E-state index contributed by atoms with van der Waals surface area (Å²) < 4.78 is 0. The summed E-state index contributed by atoms with van der Waals surface area (Å²) in [5.74, 6) is 0. The van der Waals surface area contributed by atoms with Crippen LogP contribution >= 0.6 is 0 Å². The highest BCUT2D eigenvalue weighted by atomic mass is 16.3. The minimum atomic E-state index is 0.283. The molecule has 1 aliphatic rings. The van der Waals surface area contributed by atoms with Crippen molar-refractivity contribution in [2.24, 2.45) is 5.41 Å². The molecule has 1 N–H and O–H groups in total. The van der Waals surface area contributed by atoms with Crippen molar-refractivity contribution in [3.05, 3.63) is 0 Å². The summed E-state index contributed by atoms with van der Waals surface area (Å²) in [6.07, 6.45) is 8.87. The molecule has 1 saturated carbocycles. The summed E-state index contributed by atoms with van der Waals surface area (Å²) in [6.45, 7) is 0.283. The highest BCUT2D eigenvalue weighted by Crippen LogP contribution is 2.42. The lowest BCUT2D eigenvalue weighted by atomic mass is 9.69. The number of rotatable bonds is 4. The second kappa shape index (κ2) is 5.24. The van der Waals surface area contributed by atoms with Crippen molar-refractivity contribution < 1.29 is 5.11 Å². The maximum Gasteiger partial charge on any atom is 0.0621 e. The molecule has 0 bridgehead atoms. The molecule has 2 heteroatoms. The molecule has 0 aromatic rings. The van der Waals surface area contributed by atoms with E-state index >= 15 is 0 Å². The van der Waals surface area contributed by atoms with Gasteiger partial charge in [0.25, 0.3) is 0 Å². The van der Waals surface area contributed by atoms with Crippen LogP contribution < -0.4 is 0 Å². The second-order valence-electron chi connectivity index (χ2n) is 4.19. The Morgan fingerprint density at radius 1 is 1.15 bits per heavy atom. The summed E-state index contributed by atoms with van der Waals surface area (Å²) in [7, 11) is 0. The highest BCUT2D eigenvalue weighted by Gasteiger charge is 2.30. The predicted molar refractivity (Wildman–Crippen MR) is 52.1 cm³/mol. The van der Waals surface area contributed by atoms with Crippen LogP contribution in [-0.4, -0.2) is 11.7 Å². The Morgan fingerprint density at radius 2 is 1.85 bits per heavy atom. The van der Waals surface area contributed by atoms with Crippen molar-refractivity contribution in [3.8, 4) is 6.07 Å². The fraction of sp³-hybridized carbons (Fsp3) is 0.909. The van der Waals surface area contributed by atoms with Gasteiger partial charge in [0.1, 0.15) is 0 Å². The van der Waals surface area contributed by atoms with Gasteiger partial charge in [-0.05, 0) is 31.1 Å². The molecule has 13 heavy (non-hydrogen) atoms. The first-order valence-electron chi connectivity index (χ1n) is 5.31. The quantitative estimate of drug-likeness (QED) is 0.724. The maximum absolute atomic E-state index is 9.00. The first kappa shape index (κ1) is 10.5. The third-order valence-electron chi connectivity index (χ3n) is 3.32. The van der Waals surface area contributed by atoms with E-state index in [4.69, 9.17) is 10.4 Å². The van der Waals surface area contributed by atoms with Gasteiger partial charge in [0, 0.05) is 13.0 Å². The molecule has 0 unspecified atom stereocenters. The van der Waals surface area contributed by atoms with Crippen molar-refractivity contribution in [1.82, 2.24) is 0 Å². The van der Waals surface area contributed by atoms with Crippen LogP contribution in [0.5, 0.6) is 0 Å². The predicted octanol–water partition coefficient (Wildman–Crippen LogP) is 2.62. The Bertz CT molecular complexity index is 172. The van der Waals surface area contributed by atoms with Crippen molar-refractivity contribution in [3.63, 3.8) is 0 Å². The van der Waals surface area contributed by atoms with Crippen molar-refractivity contribution in [2.45, 2.75) is 51.4 Å². The second-order valence-corrected chi connectivity index (χ2v) is 4.19. The number of aliphatic hydroxyl groups is 1. The van der Waals surface area contributed by atoms with Crippen LogP contribution in [0.2, 0.25) is 0 Å². The lowest BCUT2D eigenvalue weighted by Gasteiger charge is -2.36. The molecule has 1 fully saturated rings. The van der Waals surface area contributed by atoms with E-state index < -0.39 is 0 Å². The first-order chi connectivity index (χ1) is 6.33. The lowest BCUT2D eigenvalue weighted by Crippen LogP contribution is -2.25. The SMILES string of the molecule is N#CCCC1(CCO)CCCCC1. The summed E-state index contributed by atoms with van der Waals surface area (Å²) in [6, 6.07) is 2.22. The zero-order valence-corrected chi connectivity index (χ0v) is 8.26. The van der Waals surface area contributed by atoms with E-state index in [9.17, 15) is 0 Å². The van der Waals surface area contributed by atoms with Gasteiger partial charge in [0.15, 0.2) is 0 Å². The molecule has 2 nitrogen and oxygen atoms in total. The van der Waals surface area contributed by atoms with E-state index in [0.29, 0.717) is 11.8 Å². The van der Waals surface area contributed by atoms with E-state index in [2.05, 4.69) is 6.07 Å². The smallest absolute Gasteiger partial charge is 0.0621 e. The van der Waals surface area contributed by atoms with E-state index in [-0.39, 0.29) is 6.61 Å². The van der Waals surface area contributed by atoms with Gasteiger partial charge in [-0.25, -0.2) is 0 Å². The standard InChI is InChI=1S/C11H19NO/c12-9-4-7-11(8-10-13)5-2-1-3-6-11/h13H,1-8,10H2. The zero-order chi connectivity index (χ0) is 9.57. The Balaban J connectivity index is 2.46. The fourth-order valence-corrected chi connectivity index (χ4v) is 2.49. The van der Waals surface area contributed by atoms with Crippen LogP contribution in [0.25, 0.3) is 0 Å². The number of aliphatic hydroxyl groups excluding tert-OH is 1. The Morgan fingerprint density at radius 3 is 2.38 bits per heavy atom. The molecule has 1 rings (SSSR count). The van der Waals surface area contributed by atoms with Crippen LogP contribution in [0.4, 0.5) is 0 Å². The normalized spacial score (nSPS) is 20.9. The average Bonchev–Trinajstić information content (AvgIpc) is 2.17. The molecule has 0 aromatic heterocycles. The third kappa shape index (κ3) is 3.00. The van der Waals surface area contributed by atoms with E-state index in [0.717, 1.165) is 12.8 Å². The van der Waals surface area contributed by atoms with Crippen LogP contribution in [0, 0.1) is 16.7 Å². The molecule has 0 amide bonds. The van der Waals surface area contributed by atoms with Crippen LogP contribution in [0.1, 0.15) is 51.4 Å². The van der Waals surface area contributed by atoms with Crippen LogP contribution in [0.3, 0.4) is 0 Å². The van der Waals surface area contributed by atoms with Gasteiger partial charge in [-0.2, -0.15) is 5.26 Å². The van der Waals surface area contributed by atoms with Gasteiger partial charge in [-0.3, -0.25) is 0 Å². The molecular weight excluding hydrogens is 162 g/mol. The number of hydrogen-bond donors (Lipinski definition) is 1. The number of hydrogen-bond acceptors (Lipinski definition) is 2. The lowest BCUT2D eigenvalue weighted by molar-refractivity contribution is 0.120. The van der Waals surface area contributed by atoms with Crippen LogP contribution in [-0.2, 0) is 0 Å². The molecule has 1 aliphatic carbocycles. The van der Waals surface area contributed by atoms with E-state index in [1.165, 1.54) is 32.1 Å². The molecule has 0 heterocycles. The first-order valence-corrected chi connectivity index (χ1v) is 5.31. The third-order valence-corrected chi connectivity index (χ3v) is 3.32. The van der Waals surface area contributed by atoms with Crippen molar-refractivity contribution in [1.29, 1.82) is 5.26 Å². The molecule has 0 spiro atoms. The zero-order valence-electron chi connectivity index (χ0n) is 8.26. The largest absolute Gasteiger partial charge is 0.396 e. The molecule has 74 valence electrons. The molecule has 0 aromatic carbocycles. The van der Waals surface area contributed by atoms with Gasteiger partial charge in [-0.1, -0.05) is 19.3 Å². The molecule has 0 atom stereocenters. The Kier molecular flexibility index (Phi) is 4.24. The van der Waals surface area contributed by atoms with E-state index in [1.807, 2.05) is 0 Å². The molecule has 0 radical (unpaired) electrons. The summed E-state index contributed by atoms with van der Waals surface area (Å²) in [5.41, 5.74) is 0.308. The van der Waals surface area contributed by atoms with Gasteiger partial charge in [-0.15, -0.1) is 0 Å². The summed E-state index contributed by atoms with van der Waals surface area (Å²) >= 11 is 0. The topological polar surface area (TPSA) is 44.0 Å².